The third kappa shape index (κ3) is 4.30. The maximum absolute atomic E-state index is 5.42. The van der Waals surface area contributed by atoms with E-state index in [0.29, 0.717) is 5.95 Å². The van der Waals surface area contributed by atoms with Crippen LogP contribution in [0, 0.1) is 0 Å². The predicted molar refractivity (Wildman–Crippen MR) is 98.0 cm³/mol. The van der Waals surface area contributed by atoms with E-state index in [0.717, 1.165) is 64.4 Å². The molecule has 3 saturated heterocycles. The van der Waals surface area contributed by atoms with Crippen molar-refractivity contribution >= 4 is 17.8 Å². The SMILES string of the molecule is C1CCN(c2nc(NN3CCOCC3)nc(N3CCCCC3)n2)CC1. The Morgan fingerprint density at radius 3 is 1.68 bits per heavy atom. The van der Waals surface area contributed by atoms with E-state index in [1.165, 1.54) is 38.5 Å². The van der Waals surface area contributed by atoms with Crippen molar-refractivity contribution in [2.24, 2.45) is 0 Å². The molecule has 0 aromatic carbocycles. The molecule has 0 unspecified atom stereocenters. The van der Waals surface area contributed by atoms with Crippen LogP contribution in [-0.4, -0.2) is 72.4 Å². The Bertz CT molecular complexity index is 516. The Labute approximate surface area is 149 Å². The van der Waals surface area contributed by atoms with Gasteiger partial charge in [-0.25, -0.2) is 5.01 Å². The molecule has 3 fully saturated rings. The van der Waals surface area contributed by atoms with E-state index >= 15 is 0 Å². The van der Waals surface area contributed by atoms with Gasteiger partial charge in [-0.2, -0.15) is 15.0 Å². The lowest BCUT2D eigenvalue weighted by Gasteiger charge is -2.31. The van der Waals surface area contributed by atoms with Gasteiger partial charge in [0.1, 0.15) is 0 Å². The number of rotatable bonds is 4. The molecular formula is C17H29N7O. The van der Waals surface area contributed by atoms with Crippen LogP contribution in [0.15, 0.2) is 0 Å². The Morgan fingerprint density at radius 2 is 1.16 bits per heavy atom. The second kappa shape index (κ2) is 8.14. The molecule has 0 radical (unpaired) electrons. The number of anilines is 3. The normalized spacial score (nSPS) is 22.9. The van der Waals surface area contributed by atoms with Crippen LogP contribution in [-0.2, 0) is 4.74 Å². The van der Waals surface area contributed by atoms with Crippen molar-refractivity contribution < 1.29 is 4.74 Å². The van der Waals surface area contributed by atoms with Crippen LogP contribution in [0.3, 0.4) is 0 Å². The van der Waals surface area contributed by atoms with E-state index in [2.05, 4.69) is 20.2 Å². The first-order valence-corrected chi connectivity index (χ1v) is 9.74. The summed E-state index contributed by atoms with van der Waals surface area (Å²) >= 11 is 0. The standard InChI is InChI=1S/C17H29N7O/c1-3-7-22(8-4-1)16-18-15(21-24-11-13-25-14-12-24)19-17(20-16)23-9-5-2-6-10-23/h1-14H2,(H,18,19,20,21). The number of piperidine rings is 2. The molecule has 0 saturated carbocycles. The minimum absolute atomic E-state index is 0.665. The maximum Gasteiger partial charge on any atom is 0.244 e. The molecular weight excluding hydrogens is 318 g/mol. The number of hydrogen-bond donors (Lipinski definition) is 1. The maximum atomic E-state index is 5.42. The van der Waals surface area contributed by atoms with Crippen LogP contribution in [0.4, 0.5) is 17.8 Å². The third-order valence-electron chi connectivity index (χ3n) is 5.16. The van der Waals surface area contributed by atoms with Gasteiger partial charge in [0.15, 0.2) is 0 Å². The highest BCUT2D eigenvalue weighted by Crippen LogP contribution is 2.22. The zero-order valence-corrected chi connectivity index (χ0v) is 15.0. The summed E-state index contributed by atoms with van der Waals surface area (Å²) in [4.78, 5) is 18.9. The van der Waals surface area contributed by atoms with Crippen molar-refractivity contribution in [3.63, 3.8) is 0 Å². The van der Waals surface area contributed by atoms with Crippen LogP contribution in [0.25, 0.3) is 0 Å². The Morgan fingerprint density at radius 1 is 0.640 bits per heavy atom. The number of nitrogens with one attached hydrogen (secondary N) is 1. The van der Waals surface area contributed by atoms with Crippen molar-refractivity contribution in [3.05, 3.63) is 0 Å². The lowest BCUT2D eigenvalue weighted by Crippen LogP contribution is -2.41. The van der Waals surface area contributed by atoms with Crippen LogP contribution in [0.2, 0.25) is 0 Å². The molecule has 0 bridgehead atoms. The molecule has 0 spiro atoms. The fourth-order valence-electron chi connectivity index (χ4n) is 3.69. The van der Waals surface area contributed by atoms with Gasteiger partial charge >= 0.3 is 0 Å². The molecule has 8 heteroatoms. The molecule has 4 rings (SSSR count). The zero-order chi connectivity index (χ0) is 16.9. The molecule has 3 aliphatic rings. The Hall–Kier alpha value is -1.67. The fourth-order valence-corrected chi connectivity index (χ4v) is 3.69. The van der Waals surface area contributed by atoms with Crippen LogP contribution < -0.4 is 15.2 Å². The molecule has 0 aliphatic carbocycles. The van der Waals surface area contributed by atoms with Crippen LogP contribution in [0.5, 0.6) is 0 Å². The summed E-state index contributed by atoms with van der Waals surface area (Å²) in [5, 5.41) is 2.14. The minimum Gasteiger partial charge on any atom is -0.379 e. The van der Waals surface area contributed by atoms with Gasteiger partial charge in [-0.1, -0.05) is 0 Å². The third-order valence-corrected chi connectivity index (χ3v) is 5.16. The molecule has 8 nitrogen and oxygen atoms in total. The predicted octanol–water partition coefficient (Wildman–Crippen LogP) is 1.51. The number of nitrogens with zero attached hydrogens (tertiary/aromatic N) is 6. The molecule has 0 amide bonds. The highest BCUT2D eigenvalue weighted by Gasteiger charge is 2.21. The Kier molecular flexibility index (Phi) is 5.46. The monoisotopic (exact) mass is 347 g/mol. The van der Waals surface area contributed by atoms with Crippen molar-refractivity contribution in [1.82, 2.24) is 20.0 Å². The average molecular weight is 347 g/mol. The van der Waals surface area contributed by atoms with Gasteiger partial charge in [0.2, 0.25) is 17.8 Å². The number of hydrogen-bond acceptors (Lipinski definition) is 8. The highest BCUT2D eigenvalue weighted by molar-refractivity contribution is 5.45. The summed E-state index contributed by atoms with van der Waals surface area (Å²) in [6, 6.07) is 0. The summed E-state index contributed by atoms with van der Waals surface area (Å²) in [5.41, 5.74) is 3.38. The van der Waals surface area contributed by atoms with Gasteiger partial charge in [-0.15, -0.1) is 0 Å². The second-order valence-corrected chi connectivity index (χ2v) is 7.07. The number of aromatic nitrogens is 3. The van der Waals surface area contributed by atoms with Gasteiger partial charge in [-0.05, 0) is 38.5 Å². The van der Waals surface area contributed by atoms with Crippen LogP contribution in [0.1, 0.15) is 38.5 Å². The van der Waals surface area contributed by atoms with Gasteiger partial charge in [0.05, 0.1) is 13.2 Å². The van der Waals surface area contributed by atoms with E-state index in [4.69, 9.17) is 19.7 Å². The summed E-state index contributed by atoms with van der Waals surface area (Å²) in [7, 11) is 0. The van der Waals surface area contributed by atoms with E-state index < -0.39 is 0 Å². The zero-order valence-electron chi connectivity index (χ0n) is 15.0. The summed E-state index contributed by atoms with van der Waals surface area (Å²) in [6.45, 7) is 7.36. The fraction of sp³-hybridized carbons (Fsp3) is 0.824. The summed E-state index contributed by atoms with van der Waals surface area (Å²) in [5.74, 6) is 2.31. The largest absolute Gasteiger partial charge is 0.379 e. The van der Waals surface area contributed by atoms with Gasteiger partial charge in [-0.3, -0.25) is 5.43 Å². The van der Waals surface area contributed by atoms with E-state index in [1.807, 2.05) is 0 Å². The quantitative estimate of drug-likeness (QED) is 0.879. The lowest BCUT2D eigenvalue weighted by molar-refractivity contribution is 0.0492. The number of hydrazine groups is 1. The molecule has 0 atom stereocenters. The minimum atomic E-state index is 0.665. The van der Waals surface area contributed by atoms with E-state index in [9.17, 15) is 0 Å². The van der Waals surface area contributed by atoms with Gasteiger partial charge in [0, 0.05) is 39.3 Å². The molecule has 138 valence electrons. The lowest BCUT2D eigenvalue weighted by atomic mass is 10.1. The molecule has 1 N–H and O–H groups in total. The molecule has 1 aromatic heterocycles. The first-order valence-electron chi connectivity index (χ1n) is 9.74. The van der Waals surface area contributed by atoms with Crippen LogP contribution >= 0.6 is 0 Å². The van der Waals surface area contributed by atoms with E-state index in [-0.39, 0.29) is 0 Å². The van der Waals surface area contributed by atoms with Crippen molar-refractivity contribution in [2.75, 3.05) is 67.7 Å². The van der Waals surface area contributed by atoms with Gasteiger partial charge < -0.3 is 14.5 Å². The van der Waals surface area contributed by atoms with Crippen molar-refractivity contribution in [1.29, 1.82) is 0 Å². The second-order valence-electron chi connectivity index (χ2n) is 7.07. The Balaban J connectivity index is 1.56. The molecule has 25 heavy (non-hydrogen) atoms. The number of morpholine rings is 1. The van der Waals surface area contributed by atoms with E-state index in [1.54, 1.807) is 0 Å². The summed E-state index contributed by atoms with van der Waals surface area (Å²) in [6.07, 6.45) is 7.49. The topological polar surface area (TPSA) is 69.7 Å². The average Bonchev–Trinajstić information content (AvgIpc) is 2.70. The smallest absolute Gasteiger partial charge is 0.244 e. The molecule has 1 aromatic rings. The number of ether oxygens (including phenoxy) is 1. The first-order chi connectivity index (χ1) is 12.4. The molecule has 3 aliphatic heterocycles. The first kappa shape index (κ1) is 16.8. The van der Waals surface area contributed by atoms with Crippen molar-refractivity contribution in [2.45, 2.75) is 38.5 Å². The van der Waals surface area contributed by atoms with Gasteiger partial charge in [0.25, 0.3) is 0 Å². The van der Waals surface area contributed by atoms with Crippen molar-refractivity contribution in [3.8, 4) is 0 Å². The highest BCUT2D eigenvalue weighted by atomic mass is 16.5. The summed E-state index contributed by atoms with van der Waals surface area (Å²) < 4.78 is 5.42. The molecule has 4 heterocycles.